The molecule has 0 radical (unpaired) electrons. The number of nitrogens with one attached hydrogen (secondary N) is 4. The van der Waals surface area contributed by atoms with Crippen LogP contribution in [0, 0.1) is 39.7 Å². The number of nitrogens with zero attached hydrogens (tertiary/aromatic N) is 11. The Kier molecular flexibility index (Phi) is 29.5. The number of hydrogen-bond donors (Lipinski definition) is 8. The van der Waals surface area contributed by atoms with Crippen LogP contribution in [0.1, 0.15) is 97.0 Å². The summed E-state index contributed by atoms with van der Waals surface area (Å²) in [6.07, 6.45) is 0.317. The predicted octanol–water partition coefficient (Wildman–Crippen LogP) is 9.75. The van der Waals surface area contributed by atoms with Crippen LogP contribution in [-0.2, 0) is 41.7 Å². The maximum Gasteiger partial charge on any atom is 0.407 e. The molecule has 3 heterocycles. The van der Waals surface area contributed by atoms with Crippen molar-refractivity contribution in [1.29, 1.82) is 0 Å². The Morgan fingerprint density at radius 3 is 2.07 bits per heavy atom. The minimum absolute atomic E-state index is 0.0190. The van der Waals surface area contributed by atoms with Gasteiger partial charge in [0, 0.05) is 143 Å². The van der Waals surface area contributed by atoms with Crippen molar-refractivity contribution < 1.29 is 82.2 Å². The van der Waals surface area contributed by atoms with Gasteiger partial charge in [0.15, 0.2) is 6.29 Å². The number of carbonyl (C=O) groups excluding carboxylic acids is 4. The van der Waals surface area contributed by atoms with E-state index in [9.17, 15) is 54.5 Å². The third-order valence-electron chi connectivity index (χ3n) is 20.4. The molecule has 3 aliphatic carbocycles. The van der Waals surface area contributed by atoms with Crippen LogP contribution >= 0.6 is 0 Å². The number of azo groups is 2. The summed E-state index contributed by atoms with van der Waals surface area (Å²) < 4.78 is 44.1. The van der Waals surface area contributed by atoms with Gasteiger partial charge in [-0.05, 0) is 141 Å². The van der Waals surface area contributed by atoms with Gasteiger partial charge in [-0.15, -0.1) is 27.2 Å². The number of anilines is 2. The molecular weight excluding hydrogens is 1480 g/mol. The second-order valence-corrected chi connectivity index (χ2v) is 28.8. The van der Waals surface area contributed by atoms with Crippen molar-refractivity contribution in [3.63, 3.8) is 0 Å². The second kappa shape index (κ2) is 40.3. The molecule has 8 N–H and O–H groups in total. The molecule has 1 unspecified atom stereocenters. The zero-order valence-electron chi connectivity index (χ0n) is 65.3. The fraction of sp³-hybridized carbons (Fsp3) is 0.439. The number of alkyl carbamates (subject to hydrolysis) is 1. The van der Waals surface area contributed by atoms with Crippen LogP contribution in [-0.4, -0.2) is 202 Å². The molecular formula is C82H98N15O18+. The van der Waals surface area contributed by atoms with Gasteiger partial charge in [0.05, 0.1) is 74.8 Å². The number of aryl methyl sites for hydroxylation is 1. The number of aliphatic hydroxyl groups is 3. The Labute approximate surface area is 664 Å². The Hall–Kier alpha value is -11.8. The SMILES string of the molecule is COc1cc(N=Nc2ccc([N+](=O)[O-])cc2)c(OC)cc1N=Nc1ccc(N(C)CCCC(=O)NCCCO[C@@H]2O[C@H](COCc3cn(CCCNC(=O)[C@H](CCCCNC(=O)OCC4[C@H]5CCC#CCC[C@@H]45)NC(=O)c4ccc(-c5c6ccc(=[N+](C)C)cc-6oc6cc(N(C)C)ccc56)c(C(=O)O)c4)nn3)[C@@H](O)[C@H](O)[C@H]2O)cc1. The van der Waals surface area contributed by atoms with Gasteiger partial charge in [-0.1, -0.05) is 11.3 Å². The first-order valence-corrected chi connectivity index (χ1v) is 38.2. The van der Waals surface area contributed by atoms with Gasteiger partial charge in [-0.3, -0.25) is 29.2 Å². The van der Waals surface area contributed by atoms with Crippen molar-refractivity contribution in [3.05, 3.63) is 154 Å². The van der Waals surface area contributed by atoms with E-state index >= 15 is 0 Å². The molecule has 6 aromatic rings. The van der Waals surface area contributed by atoms with E-state index < -0.39 is 65.5 Å². The number of carboxylic acid groups (broad SMARTS) is 1. The zero-order valence-corrected chi connectivity index (χ0v) is 65.3. The highest BCUT2D eigenvalue weighted by Crippen LogP contribution is 2.52. The smallest absolute Gasteiger partial charge is 0.407 e. The Balaban J connectivity index is 0.610. The molecule has 2 aliphatic heterocycles. The van der Waals surface area contributed by atoms with E-state index in [1.165, 1.54) is 44.6 Å². The maximum atomic E-state index is 14.3. The highest BCUT2D eigenvalue weighted by molar-refractivity contribution is 6.09. The maximum absolute atomic E-state index is 14.3. The number of ether oxygens (including phenoxy) is 6. The minimum Gasteiger partial charge on any atom is -0.494 e. The number of methoxy groups -OCH3 is 2. The fourth-order valence-corrected chi connectivity index (χ4v) is 13.9. The van der Waals surface area contributed by atoms with Gasteiger partial charge < -0.3 is 84.3 Å². The van der Waals surface area contributed by atoms with Crippen molar-refractivity contribution >= 4 is 80.6 Å². The number of non-ortho nitro benzene ring substituents is 1. The summed E-state index contributed by atoms with van der Waals surface area (Å²) in [7, 11) is 12.5. The van der Waals surface area contributed by atoms with Crippen LogP contribution in [0.25, 0.3) is 33.4 Å². The first kappa shape index (κ1) is 84.1. The topological polar surface area (TPSA) is 416 Å². The summed E-state index contributed by atoms with van der Waals surface area (Å²) in [5, 5.41) is 92.8. The normalized spacial score (nSPS) is 18.6. The highest BCUT2D eigenvalue weighted by Gasteiger charge is 2.49. The number of nitro groups is 1. The molecule has 1 aromatic heterocycles. The number of rotatable bonds is 38. The van der Waals surface area contributed by atoms with E-state index in [4.69, 9.17) is 32.8 Å². The molecule has 33 nitrogen and oxygen atoms in total. The minimum atomic E-state index is -1.62. The molecule has 5 aromatic carbocycles. The number of carbonyl (C=O) groups is 5. The van der Waals surface area contributed by atoms with Gasteiger partial charge in [-0.2, -0.15) is 10.2 Å². The van der Waals surface area contributed by atoms with E-state index in [0.717, 1.165) is 42.4 Å². The Morgan fingerprint density at radius 2 is 1.40 bits per heavy atom. The summed E-state index contributed by atoms with van der Waals surface area (Å²) >= 11 is 0. The van der Waals surface area contributed by atoms with Crippen LogP contribution in [0.5, 0.6) is 11.5 Å². The number of benzene rings is 6. The summed E-state index contributed by atoms with van der Waals surface area (Å²) in [4.78, 5) is 81.8. The lowest BCUT2D eigenvalue weighted by molar-refractivity contribution is -0.384. The number of hydrogen-bond acceptors (Lipinski definition) is 25. The van der Waals surface area contributed by atoms with E-state index in [1.807, 2.05) is 98.1 Å². The number of amides is 4. The van der Waals surface area contributed by atoms with E-state index in [0.29, 0.717) is 143 Å². The van der Waals surface area contributed by atoms with Gasteiger partial charge in [0.1, 0.15) is 84.5 Å². The van der Waals surface area contributed by atoms with Crippen molar-refractivity contribution in [1.82, 2.24) is 40.8 Å². The predicted molar refractivity (Wildman–Crippen MR) is 425 cm³/mol. The molecule has 9 atom stereocenters. The number of nitro benzene ring substituents is 1. The van der Waals surface area contributed by atoms with Crippen molar-refractivity contribution in [2.24, 2.45) is 38.2 Å². The fourth-order valence-electron chi connectivity index (χ4n) is 13.9. The number of fused-ring (bicyclic) bond motifs is 3. The first-order chi connectivity index (χ1) is 55.5. The summed E-state index contributed by atoms with van der Waals surface area (Å²) in [5.74, 6) is 6.44. The van der Waals surface area contributed by atoms with Gasteiger partial charge in [0.2, 0.25) is 17.2 Å². The average Bonchev–Trinajstić information content (AvgIpc) is 0.997. The number of aromatic nitrogens is 3. The summed E-state index contributed by atoms with van der Waals surface area (Å²) in [6, 6.07) is 31.0. The molecule has 5 aliphatic rings. The van der Waals surface area contributed by atoms with Crippen LogP contribution in [0.3, 0.4) is 0 Å². The molecule has 608 valence electrons. The Bertz CT molecular complexity index is 4880. The first-order valence-electron chi connectivity index (χ1n) is 38.2. The molecule has 33 heteroatoms. The number of carboxylic acids is 1. The molecule has 11 rings (SSSR count). The number of aromatic carboxylic acids is 1. The van der Waals surface area contributed by atoms with Crippen molar-refractivity contribution in [2.75, 3.05) is 105 Å². The van der Waals surface area contributed by atoms with Gasteiger partial charge in [-0.25, -0.2) is 14.2 Å². The lowest BCUT2D eigenvalue weighted by Crippen LogP contribution is -2.59. The monoisotopic (exact) mass is 1580 g/mol. The van der Waals surface area contributed by atoms with Crippen LogP contribution in [0.2, 0.25) is 0 Å². The van der Waals surface area contributed by atoms with E-state index in [1.54, 1.807) is 47.3 Å². The van der Waals surface area contributed by atoms with Crippen molar-refractivity contribution in [3.8, 4) is 45.8 Å². The molecule has 0 bridgehead atoms. The van der Waals surface area contributed by atoms with E-state index in [2.05, 4.69) is 63.9 Å². The molecule has 1 saturated heterocycles. The molecule has 115 heavy (non-hydrogen) atoms. The molecule has 1 saturated carbocycles. The Morgan fingerprint density at radius 1 is 0.730 bits per heavy atom. The second-order valence-electron chi connectivity index (χ2n) is 28.8. The number of aliphatic hydroxyl groups excluding tert-OH is 3. The number of unbranched alkanes of at least 4 members (excludes halogenated alkanes) is 1. The van der Waals surface area contributed by atoms with E-state index in [-0.39, 0.29) is 75.0 Å². The lowest BCUT2D eigenvalue weighted by Gasteiger charge is -2.40. The molecule has 4 amide bonds. The van der Waals surface area contributed by atoms with Crippen LogP contribution < -0.4 is 50.5 Å². The standard InChI is InChI=1S/C82H97N15O18/c1-93(2)56-30-33-61-68(42-56)114-69-43-57(94(3)4)31-34-62(69)74(61)60-32-21-50(41-63(60)80(104)105)78(102)86-65(19-12-13-35-85-82(106)113-48-64-58-17-10-8-9-11-18-59(58)64)79(103)84-36-15-39-96-46-53(89-92-96)47-111-49-72-75(99)76(100)77(101)81(115-72)112-40-16-37-83-73(98)20-14-38-95(5)54-26-22-51(23-27-54)87-90-66-44-71(110-7)67(45-70(66)109-6)91-88-52-24-28-55(29-25-52)97(107)108/h21-34,41-46,58-59,64-65,72,75-77,81,99-101H,10-20,35-40,47-49H2,1-7H3,(H4-,83,84,85,86,98,102,103,104,105,106)/p+1/t58-,59+,64?,65-,72+,75+,76-,77+,81+/m0/s1. The van der Waals surface area contributed by atoms with Crippen LogP contribution in [0.15, 0.2) is 146 Å². The molecule has 0 spiro atoms. The van der Waals surface area contributed by atoms with Crippen LogP contribution in [0.4, 0.5) is 44.6 Å². The van der Waals surface area contributed by atoms with Crippen molar-refractivity contribution in [2.45, 2.75) is 121 Å². The van der Waals surface area contributed by atoms with Gasteiger partial charge in [0.25, 0.3) is 11.6 Å². The highest BCUT2D eigenvalue weighted by atomic mass is 16.7. The third kappa shape index (κ3) is 22.6. The summed E-state index contributed by atoms with van der Waals surface area (Å²) in [6.45, 7) is 1.68. The molecule has 2 fully saturated rings. The van der Waals surface area contributed by atoms with Gasteiger partial charge >= 0.3 is 12.1 Å². The third-order valence-corrected chi connectivity index (χ3v) is 20.4. The largest absolute Gasteiger partial charge is 0.494 e. The average molecular weight is 1580 g/mol. The quantitative estimate of drug-likeness (QED) is 0.00339. The summed E-state index contributed by atoms with van der Waals surface area (Å²) in [5.41, 5.74) is 5.85. The lowest BCUT2D eigenvalue weighted by atomic mass is 9.89. The zero-order chi connectivity index (χ0) is 81.7.